The van der Waals surface area contributed by atoms with Gasteiger partial charge >= 0.3 is 11.9 Å². The van der Waals surface area contributed by atoms with Crippen molar-refractivity contribution in [2.45, 2.75) is 45.2 Å². The van der Waals surface area contributed by atoms with E-state index in [-0.39, 0.29) is 0 Å². The van der Waals surface area contributed by atoms with E-state index in [0.717, 1.165) is 13.0 Å². The molecule has 3 N–H and O–H groups in total. The molecule has 0 aromatic heterocycles. The quantitative estimate of drug-likeness (QED) is 0.600. The Hall–Kier alpha value is -1.14. The molecular weight excluding hydrogens is 248 g/mol. The molecule has 0 saturated carbocycles. The van der Waals surface area contributed by atoms with Crippen LogP contribution in [0.4, 0.5) is 0 Å². The van der Waals surface area contributed by atoms with E-state index in [1.165, 1.54) is 0 Å². The number of hydrogen-bond acceptors (Lipinski definition) is 4. The van der Waals surface area contributed by atoms with Gasteiger partial charge in [0.15, 0.2) is 0 Å². The highest BCUT2D eigenvalue weighted by atomic mass is 16.4. The summed E-state index contributed by atoms with van der Waals surface area (Å²) in [4.78, 5) is 24.0. The van der Waals surface area contributed by atoms with Gasteiger partial charge in [0, 0.05) is 6.54 Å². The summed E-state index contributed by atoms with van der Waals surface area (Å²) in [5, 5.41) is 21.2. The summed E-state index contributed by atoms with van der Waals surface area (Å²) in [5.41, 5.74) is 0. The predicted octanol–water partition coefficient (Wildman–Crippen LogP) is 0.624. The summed E-state index contributed by atoms with van der Waals surface area (Å²) in [6.07, 6.45) is 1.96. The van der Waals surface area contributed by atoms with Gasteiger partial charge in [0.2, 0.25) is 0 Å². The fraction of sp³-hybridized carbons (Fsp3) is 0.846. The molecule has 110 valence electrons. The molecule has 1 aliphatic rings. The van der Waals surface area contributed by atoms with Crippen LogP contribution in [-0.4, -0.2) is 58.8 Å². The van der Waals surface area contributed by atoms with Gasteiger partial charge in [-0.2, -0.15) is 0 Å². The molecular formula is C13H24N2O4. The molecule has 1 fully saturated rings. The van der Waals surface area contributed by atoms with Crippen molar-refractivity contribution in [2.75, 3.05) is 19.6 Å². The second kappa shape index (κ2) is 7.45. The van der Waals surface area contributed by atoms with E-state index in [1.54, 1.807) is 0 Å². The number of hydrogen-bond donors (Lipinski definition) is 3. The first-order valence-electron chi connectivity index (χ1n) is 6.85. The van der Waals surface area contributed by atoms with E-state index >= 15 is 0 Å². The summed E-state index contributed by atoms with van der Waals surface area (Å²) < 4.78 is 0. The number of aliphatic carboxylic acids is 2. The van der Waals surface area contributed by atoms with Crippen LogP contribution in [0.1, 0.15) is 33.1 Å². The maximum Gasteiger partial charge on any atom is 0.320 e. The number of carbonyl (C=O) groups is 2. The lowest BCUT2D eigenvalue weighted by molar-refractivity contribution is -0.142. The van der Waals surface area contributed by atoms with Crippen LogP contribution in [0.25, 0.3) is 0 Å². The van der Waals surface area contributed by atoms with E-state index in [9.17, 15) is 9.59 Å². The van der Waals surface area contributed by atoms with Crippen LogP contribution in [0.3, 0.4) is 0 Å². The van der Waals surface area contributed by atoms with Crippen molar-refractivity contribution >= 4 is 11.9 Å². The zero-order chi connectivity index (χ0) is 14.4. The molecule has 0 amide bonds. The number of rotatable bonds is 8. The van der Waals surface area contributed by atoms with Gasteiger partial charge in [-0.3, -0.25) is 14.5 Å². The lowest BCUT2D eigenvalue weighted by atomic mass is 10.1. The first-order chi connectivity index (χ1) is 8.91. The van der Waals surface area contributed by atoms with Crippen molar-refractivity contribution < 1.29 is 19.8 Å². The van der Waals surface area contributed by atoms with Crippen molar-refractivity contribution in [1.82, 2.24) is 10.2 Å². The Balaban J connectivity index is 2.42. The van der Waals surface area contributed by atoms with Crippen LogP contribution < -0.4 is 5.32 Å². The lowest BCUT2D eigenvalue weighted by Crippen LogP contribution is -2.43. The minimum absolute atomic E-state index is 0.389. The molecule has 1 rings (SSSR count). The second-order valence-corrected chi connectivity index (χ2v) is 5.51. The number of carboxylic acids is 2. The van der Waals surface area contributed by atoms with E-state index in [0.29, 0.717) is 31.8 Å². The van der Waals surface area contributed by atoms with E-state index in [4.69, 9.17) is 10.2 Å². The molecule has 0 aromatic rings. The molecule has 0 aromatic carbocycles. The average molecular weight is 272 g/mol. The summed E-state index contributed by atoms with van der Waals surface area (Å²) in [6.45, 7) is 5.95. The molecule has 2 atom stereocenters. The Morgan fingerprint density at radius 1 is 1.37 bits per heavy atom. The first kappa shape index (κ1) is 15.9. The number of nitrogens with zero attached hydrogens (tertiary/aromatic N) is 1. The average Bonchev–Trinajstić information content (AvgIpc) is 2.76. The van der Waals surface area contributed by atoms with Gasteiger partial charge in [-0.15, -0.1) is 0 Å². The summed E-state index contributed by atoms with van der Waals surface area (Å²) in [6, 6.07) is -1.04. The lowest BCUT2D eigenvalue weighted by Gasteiger charge is -2.23. The van der Waals surface area contributed by atoms with Gasteiger partial charge in [0.1, 0.15) is 12.1 Å². The highest BCUT2D eigenvalue weighted by Gasteiger charge is 2.31. The van der Waals surface area contributed by atoms with Gasteiger partial charge in [0.25, 0.3) is 0 Å². The third kappa shape index (κ3) is 5.16. The third-order valence-corrected chi connectivity index (χ3v) is 3.42. The topological polar surface area (TPSA) is 89.9 Å². The zero-order valence-corrected chi connectivity index (χ0v) is 11.6. The van der Waals surface area contributed by atoms with Gasteiger partial charge in [-0.25, -0.2) is 0 Å². The Bertz CT molecular complexity index is 320. The van der Waals surface area contributed by atoms with Crippen LogP contribution >= 0.6 is 0 Å². The zero-order valence-electron chi connectivity index (χ0n) is 11.6. The summed E-state index contributed by atoms with van der Waals surface area (Å²) in [7, 11) is 0. The highest BCUT2D eigenvalue weighted by Crippen LogP contribution is 2.17. The molecule has 0 bridgehead atoms. The van der Waals surface area contributed by atoms with Crippen molar-refractivity contribution in [3.8, 4) is 0 Å². The van der Waals surface area contributed by atoms with Gasteiger partial charge in [0.05, 0.1) is 0 Å². The Morgan fingerprint density at radius 3 is 2.58 bits per heavy atom. The molecule has 6 heteroatoms. The van der Waals surface area contributed by atoms with Gasteiger partial charge in [-0.05, 0) is 38.3 Å². The number of nitrogens with one attached hydrogen (secondary N) is 1. The maximum atomic E-state index is 11.1. The van der Waals surface area contributed by atoms with Crippen molar-refractivity contribution in [3.63, 3.8) is 0 Å². The summed E-state index contributed by atoms with van der Waals surface area (Å²) >= 11 is 0. The number of likely N-dealkylation sites (tertiary alicyclic amines) is 1. The largest absolute Gasteiger partial charge is 0.480 e. The molecule has 1 heterocycles. The Kier molecular flexibility index (Phi) is 6.24. The van der Waals surface area contributed by atoms with Crippen LogP contribution in [0.15, 0.2) is 0 Å². The normalized spacial score (nSPS) is 21.7. The molecule has 1 aliphatic heterocycles. The standard InChI is InChI=1S/C13H24N2O4/c1-9(2)8-14-10(12(16)17)5-7-15-6-3-4-11(15)13(18)19/h9-11,14H,3-8H2,1-2H3,(H,16,17)(H,18,19)/t10-,11-/m0/s1. The fourth-order valence-electron chi connectivity index (χ4n) is 2.36. The maximum absolute atomic E-state index is 11.1. The molecule has 19 heavy (non-hydrogen) atoms. The second-order valence-electron chi connectivity index (χ2n) is 5.51. The minimum atomic E-state index is -0.869. The minimum Gasteiger partial charge on any atom is -0.480 e. The Labute approximate surface area is 113 Å². The SMILES string of the molecule is CC(C)CN[C@@H](CCN1CCC[C@H]1C(=O)O)C(=O)O. The highest BCUT2D eigenvalue weighted by molar-refractivity contribution is 5.74. The van der Waals surface area contributed by atoms with E-state index in [1.807, 2.05) is 18.7 Å². The van der Waals surface area contributed by atoms with Crippen LogP contribution in [0, 0.1) is 5.92 Å². The van der Waals surface area contributed by atoms with E-state index in [2.05, 4.69) is 5.32 Å². The molecule has 0 spiro atoms. The molecule has 0 radical (unpaired) electrons. The third-order valence-electron chi connectivity index (χ3n) is 3.42. The van der Waals surface area contributed by atoms with Crippen molar-refractivity contribution in [2.24, 2.45) is 5.92 Å². The van der Waals surface area contributed by atoms with Gasteiger partial charge in [-0.1, -0.05) is 13.8 Å². The molecule has 6 nitrogen and oxygen atoms in total. The fourth-order valence-corrected chi connectivity index (χ4v) is 2.36. The van der Waals surface area contributed by atoms with Crippen LogP contribution in [0.5, 0.6) is 0 Å². The van der Waals surface area contributed by atoms with E-state index < -0.39 is 24.0 Å². The monoisotopic (exact) mass is 272 g/mol. The van der Waals surface area contributed by atoms with Gasteiger partial charge < -0.3 is 15.5 Å². The molecule has 0 aliphatic carbocycles. The van der Waals surface area contributed by atoms with Crippen molar-refractivity contribution in [3.05, 3.63) is 0 Å². The summed E-state index contributed by atoms with van der Waals surface area (Å²) in [5.74, 6) is -1.29. The first-order valence-corrected chi connectivity index (χ1v) is 6.85. The molecule has 0 unspecified atom stereocenters. The predicted molar refractivity (Wildman–Crippen MR) is 71.1 cm³/mol. The molecule has 1 saturated heterocycles. The Morgan fingerprint density at radius 2 is 2.05 bits per heavy atom. The van der Waals surface area contributed by atoms with Crippen LogP contribution in [0.2, 0.25) is 0 Å². The number of carboxylic acid groups (broad SMARTS) is 2. The smallest absolute Gasteiger partial charge is 0.320 e. The van der Waals surface area contributed by atoms with Crippen molar-refractivity contribution in [1.29, 1.82) is 0 Å². The van der Waals surface area contributed by atoms with Crippen LogP contribution in [-0.2, 0) is 9.59 Å².